The number of carbonyl (C=O) groups is 1. The average Bonchev–Trinajstić information content (AvgIpc) is 2.08. The van der Waals surface area contributed by atoms with Crippen molar-refractivity contribution in [2.45, 2.75) is 13.8 Å². The van der Waals surface area contributed by atoms with Crippen molar-refractivity contribution in [3.05, 3.63) is 40.7 Å². The Morgan fingerprint density at radius 1 is 1.47 bits per heavy atom. The van der Waals surface area contributed by atoms with Crippen LogP contribution >= 0.6 is 11.6 Å². The fourth-order valence-electron chi connectivity index (χ4n) is 1.02. The highest BCUT2D eigenvalue weighted by Crippen LogP contribution is 2.18. The normalized spacial score (nSPS) is 9.60. The molecule has 1 rings (SSSR count). The minimum Gasteiger partial charge on any atom is -0.320 e. The summed E-state index contributed by atoms with van der Waals surface area (Å²) in [5.74, 6) is -0.894. The number of nitrogens with one attached hydrogen (secondary N) is 1. The van der Waals surface area contributed by atoms with E-state index in [1.807, 2.05) is 0 Å². The number of carbonyl (C=O) groups excluding carboxylic acids is 1. The molecule has 0 aromatic heterocycles. The highest BCUT2D eigenvalue weighted by molar-refractivity contribution is 6.30. The van der Waals surface area contributed by atoms with Crippen LogP contribution < -0.4 is 5.32 Å². The van der Waals surface area contributed by atoms with Gasteiger partial charge in [-0.25, -0.2) is 4.39 Å². The zero-order valence-electron chi connectivity index (χ0n) is 8.47. The van der Waals surface area contributed by atoms with Crippen LogP contribution in [0.4, 0.5) is 10.1 Å². The third kappa shape index (κ3) is 3.72. The Hall–Kier alpha value is -1.35. The van der Waals surface area contributed by atoms with E-state index >= 15 is 0 Å². The number of hydrogen-bond acceptors (Lipinski definition) is 1. The number of allylic oxidation sites excluding steroid dienone is 1. The van der Waals surface area contributed by atoms with Gasteiger partial charge in [-0.2, -0.15) is 0 Å². The Bertz CT molecular complexity index is 411. The van der Waals surface area contributed by atoms with Crippen molar-refractivity contribution in [1.29, 1.82) is 0 Å². The molecule has 2 nitrogen and oxygen atoms in total. The van der Waals surface area contributed by atoms with Crippen molar-refractivity contribution >= 4 is 23.2 Å². The summed E-state index contributed by atoms with van der Waals surface area (Å²) in [5.41, 5.74) is 0.976. The summed E-state index contributed by atoms with van der Waals surface area (Å²) in [4.78, 5) is 11.3. The standard InChI is InChI=1S/C11H11ClFNO/c1-7(2)5-11(15)14-10-4-3-8(12)6-9(10)13/h3-6H,1-2H3,(H,14,15). The smallest absolute Gasteiger partial charge is 0.248 e. The van der Waals surface area contributed by atoms with Gasteiger partial charge in [0.2, 0.25) is 5.91 Å². The maximum atomic E-state index is 13.2. The molecule has 15 heavy (non-hydrogen) atoms. The number of hydrogen-bond donors (Lipinski definition) is 1. The van der Waals surface area contributed by atoms with Crippen molar-refractivity contribution in [3.63, 3.8) is 0 Å². The minimum absolute atomic E-state index is 0.127. The molecule has 1 N–H and O–H groups in total. The van der Waals surface area contributed by atoms with Crippen molar-refractivity contribution in [1.82, 2.24) is 0 Å². The first-order valence-corrected chi connectivity index (χ1v) is 4.78. The predicted molar refractivity (Wildman–Crippen MR) is 59.5 cm³/mol. The van der Waals surface area contributed by atoms with Crippen LogP contribution in [0.5, 0.6) is 0 Å². The van der Waals surface area contributed by atoms with E-state index in [0.29, 0.717) is 5.02 Å². The van der Waals surface area contributed by atoms with Gasteiger partial charge in [-0.3, -0.25) is 4.79 Å². The molecule has 0 spiro atoms. The third-order valence-electron chi connectivity index (χ3n) is 1.61. The molecule has 0 aliphatic rings. The van der Waals surface area contributed by atoms with Gasteiger partial charge < -0.3 is 5.32 Å². The summed E-state index contributed by atoms with van der Waals surface area (Å²) in [6, 6.07) is 4.09. The quantitative estimate of drug-likeness (QED) is 0.771. The molecule has 80 valence electrons. The summed E-state index contributed by atoms with van der Waals surface area (Å²) in [6.45, 7) is 3.58. The molecule has 0 unspecified atom stereocenters. The van der Waals surface area contributed by atoms with E-state index in [4.69, 9.17) is 11.6 Å². The second-order valence-corrected chi connectivity index (χ2v) is 3.77. The van der Waals surface area contributed by atoms with Crippen LogP contribution in [0.15, 0.2) is 29.8 Å². The summed E-state index contributed by atoms with van der Waals surface area (Å²) >= 11 is 5.57. The Labute approximate surface area is 92.7 Å². The van der Waals surface area contributed by atoms with Gasteiger partial charge in [0, 0.05) is 11.1 Å². The maximum Gasteiger partial charge on any atom is 0.248 e. The summed E-state index contributed by atoms with van der Waals surface area (Å²) in [5, 5.41) is 2.72. The van der Waals surface area contributed by atoms with Crippen LogP contribution in [0, 0.1) is 5.82 Å². The molecule has 1 aromatic carbocycles. The largest absolute Gasteiger partial charge is 0.320 e. The monoisotopic (exact) mass is 227 g/mol. The number of anilines is 1. The number of rotatable bonds is 2. The van der Waals surface area contributed by atoms with Gasteiger partial charge in [-0.15, -0.1) is 0 Å². The number of amides is 1. The first kappa shape index (κ1) is 11.7. The molecule has 0 bridgehead atoms. The Balaban J connectivity index is 2.82. The summed E-state index contributed by atoms with van der Waals surface area (Å²) in [6.07, 6.45) is 1.40. The lowest BCUT2D eigenvalue weighted by molar-refractivity contribution is -0.112. The van der Waals surface area contributed by atoms with Gasteiger partial charge in [0.05, 0.1) is 5.69 Å². The molecule has 0 atom stereocenters. The Morgan fingerprint density at radius 3 is 2.67 bits per heavy atom. The van der Waals surface area contributed by atoms with E-state index in [1.165, 1.54) is 18.2 Å². The van der Waals surface area contributed by atoms with Crippen LogP contribution in [0.3, 0.4) is 0 Å². The highest BCUT2D eigenvalue weighted by atomic mass is 35.5. The fourth-order valence-corrected chi connectivity index (χ4v) is 1.18. The van der Waals surface area contributed by atoms with Crippen LogP contribution in [-0.2, 0) is 4.79 Å². The molecular weight excluding hydrogens is 217 g/mol. The maximum absolute atomic E-state index is 13.2. The molecule has 1 amide bonds. The first-order valence-electron chi connectivity index (χ1n) is 4.40. The molecule has 0 fully saturated rings. The molecule has 1 aromatic rings. The van der Waals surface area contributed by atoms with E-state index in [9.17, 15) is 9.18 Å². The van der Waals surface area contributed by atoms with Crippen molar-refractivity contribution in [3.8, 4) is 0 Å². The lowest BCUT2D eigenvalue weighted by atomic mass is 10.3. The number of halogens is 2. The van der Waals surface area contributed by atoms with E-state index in [2.05, 4.69) is 5.32 Å². The molecule has 0 saturated heterocycles. The van der Waals surface area contributed by atoms with E-state index in [-0.39, 0.29) is 11.6 Å². The van der Waals surface area contributed by atoms with Crippen LogP contribution in [0.25, 0.3) is 0 Å². The van der Waals surface area contributed by atoms with Crippen molar-refractivity contribution in [2.75, 3.05) is 5.32 Å². The molecule has 4 heteroatoms. The Kier molecular flexibility index (Phi) is 3.86. The SMILES string of the molecule is CC(C)=CC(=O)Nc1ccc(Cl)cc1F. The highest BCUT2D eigenvalue weighted by Gasteiger charge is 2.04. The van der Waals surface area contributed by atoms with E-state index in [1.54, 1.807) is 13.8 Å². The second-order valence-electron chi connectivity index (χ2n) is 3.34. The fraction of sp³-hybridized carbons (Fsp3) is 0.182. The molecular formula is C11H11ClFNO. The van der Waals surface area contributed by atoms with Gasteiger partial charge >= 0.3 is 0 Å². The molecule has 0 aliphatic heterocycles. The molecule has 0 heterocycles. The Morgan fingerprint density at radius 2 is 2.13 bits per heavy atom. The van der Waals surface area contributed by atoms with Gasteiger partial charge in [-0.1, -0.05) is 17.2 Å². The minimum atomic E-state index is -0.544. The van der Waals surface area contributed by atoms with Gasteiger partial charge in [0.1, 0.15) is 5.82 Å². The van der Waals surface area contributed by atoms with E-state index < -0.39 is 5.82 Å². The second kappa shape index (κ2) is 4.94. The van der Waals surface area contributed by atoms with Crippen LogP contribution in [0.1, 0.15) is 13.8 Å². The third-order valence-corrected chi connectivity index (χ3v) is 1.84. The van der Waals surface area contributed by atoms with Gasteiger partial charge in [-0.05, 0) is 32.0 Å². The zero-order chi connectivity index (χ0) is 11.4. The van der Waals surface area contributed by atoms with Gasteiger partial charge in [0.15, 0.2) is 0 Å². The van der Waals surface area contributed by atoms with Crippen LogP contribution in [-0.4, -0.2) is 5.91 Å². The predicted octanol–water partition coefficient (Wildman–Crippen LogP) is 3.38. The lowest BCUT2D eigenvalue weighted by Crippen LogP contribution is -2.09. The first-order chi connectivity index (χ1) is 6.99. The molecule has 0 radical (unpaired) electrons. The topological polar surface area (TPSA) is 29.1 Å². The zero-order valence-corrected chi connectivity index (χ0v) is 9.23. The number of benzene rings is 1. The van der Waals surface area contributed by atoms with Crippen molar-refractivity contribution < 1.29 is 9.18 Å². The van der Waals surface area contributed by atoms with Crippen molar-refractivity contribution in [2.24, 2.45) is 0 Å². The average molecular weight is 228 g/mol. The summed E-state index contributed by atoms with van der Waals surface area (Å²) in [7, 11) is 0. The van der Waals surface area contributed by atoms with E-state index in [0.717, 1.165) is 11.6 Å². The lowest BCUT2D eigenvalue weighted by Gasteiger charge is -2.04. The molecule has 0 saturated carbocycles. The van der Waals surface area contributed by atoms with Crippen LogP contribution in [0.2, 0.25) is 5.02 Å². The van der Waals surface area contributed by atoms with Gasteiger partial charge in [0.25, 0.3) is 0 Å². The molecule has 0 aliphatic carbocycles. The summed E-state index contributed by atoms with van der Waals surface area (Å²) < 4.78 is 13.2.